The van der Waals surface area contributed by atoms with Crippen molar-refractivity contribution in [2.24, 2.45) is 0 Å². The van der Waals surface area contributed by atoms with Gasteiger partial charge in [0, 0.05) is 18.0 Å². The van der Waals surface area contributed by atoms with Gasteiger partial charge in [-0.25, -0.2) is 0 Å². The van der Waals surface area contributed by atoms with Crippen LogP contribution < -0.4 is 19.5 Å². The SMILES string of the molecule is COc1ccc(OCCCOc2ccc(C(=O)NC3CCCC3)cc2)cc1. The highest BCUT2D eigenvalue weighted by Gasteiger charge is 2.17. The first kappa shape index (κ1) is 19.1. The number of nitrogens with one attached hydrogen (secondary N) is 1. The van der Waals surface area contributed by atoms with Crippen LogP contribution in [0.25, 0.3) is 0 Å². The van der Waals surface area contributed by atoms with Crippen LogP contribution >= 0.6 is 0 Å². The fourth-order valence-electron chi connectivity index (χ4n) is 3.15. The molecule has 1 N–H and O–H groups in total. The highest BCUT2D eigenvalue weighted by atomic mass is 16.5. The summed E-state index contributed by atoms with van der Waals surface area (Å²) in [7, 11) is 1.64. The van der Waals surface area contributed by atoms with Crippen LogP contribution in [0.2, 0.25) is 0 Å². The van der Waals surface area contributed by atoms with E-state index in [0.717, 1.165) is 36.5 Å². The number of rotatable bonds is 9. The van der Waals surface area contributed by atoms with E-state index in [1.807, 2.05) is 48.5 Å². The molecule has 2 aromatic rings. The van der Waals surface area contributed by atoms with Crippen molar-refractivity contribution in [3.05, 3.63) is 54.1 Å². The quantitative estimate of drug-likeness (QED) is 0.673. The van der Waals surface area contributed by atoms with Crippen molar-refractivity contribution in [2.45, 2.75) is 38.1 Å². The van der Waals surface area contributed by atoms with E-state index in [1.165, 1.54) is 12.8 Å². The van der Waals surface area contributed by atoms with Crippen LogP contribution in [0.1, 0.15) is 42.5 Å². The molecule has 0 aromatic heterocycles. The summed E-state index contributed by atoms with van der Waals surface area (Å²) in [6, 6.07) is 15.2. The third-order valence-corrected chi connectivity index (χ3v) is 4.69. The molecule has 0 saturated heterocycles. The van der Waals surface area contributed by atoms with E-state index in [4.69, 9.17) is 14.2 Å². The van der Waals surface area contributed by atoms with Gasteiger partial charge in [0.1, 0.15) is 17.2 Å². The zero-order valence-corrected chi connectivity index (χ0v) is 15.8. The minimum absolute atomic E-state index is 0.00124. The van der Waals surface area contributed by atoms with Gasteiger partial charge in [0.2, 0.25) is 0 Å². The van der Waals surface area contributed by atoms with Gasteiger partial charge in [0.05, 0.1) is 20.3 Å². The fourth-order valence-corrected chi connectivity index (χ4v) is 3.15. The van der Waals surface area contributed by atoms with Crippen molar-refractivity contribution in [3.63, 3.8) is 0 Å². The van der Waals surface area contributed by atoms with E-state index in [2.05, 4.69) is 5.32 Å². The number of hydrogen-bond donors (Lipinski definition) is 1. The van der Waals surface area contributed by atoms with Gasteiger partial charge in [-0.3, -0.25) is 4.79 Å². The topological polar surface area (TPSA) is 56.8 Å². The van der Waals surface area contributed by atoms with Crippen LogP contribution in [0.4, 0.5) is 0 Å². The maximum Gasteiger partial charge on any atom is 0.251 e. The monoisotopic (exact) mass is 369 g/mol. The van der Waals surface area contributed by atoms with Gasteiger partial charge in [-0.1, -0.05) is 12.8 Å². The molecule has 0 unspecified atom stereocenters. The predicted octanol–water partition coefficient (Wildman–Crippen LogP) is 4.22. The van der Waals surface area contributed by atoms with Gasteiger partial charge >= 0.3 is 0 Å². The Balaban J connectivity index is 1.35. The largest absolute Gasteiger partial charge is 0.497 e. The van der Waals surface area contributed by atoms with Crippen molar-refractivity contribution in [1.82, 2.24) is 5.32 Å². The number of amides is 1. The van der Waals surface area contributed by atoms with Crippen LogP contribution in [0.5, 0.6) is 17.2 Å². The minimum atomic E-state index is 0.00124. The zero-order valence-electron chi connectivity index (χ0n) is 15.8. The molecule has 5 heteroatoms. The smallest absolute Gasteiger partial charge is 0.251 e. The Kier molecular flexibility index (Phi) is 6.97. The molecule has 1 saturated carbocycles. The lowest BCUT2D eigenvalue weighted by Gasteiger charge is -2.12. The summed E-state index contributed by atoms with van der Waals surface area (Å²) in [4.78, 5) is 12.2. The van der Waals surface area contributed by atoms with Crippen molar-refractivity contribution in [3.8, 4) is 17.2 Å². The Hall–Kier alpha value is -2.69. The van der Waals surface area contributed by atoms with Crippen LogP contribution in [0.15, 0.2) is 48.5 Å². The van der Waals surface area contributed by atoms with Gasteiger partial charge in [0.25, 0.3) is 5.91 Å². The van der Waals surface area contributed by atoms with Crippen LogP contribution in [0, 0.1) is 0 Å². The fraction of sp³-hybridized carbons (Fsp3) is 0.409. The molecule has 1 amide bonds. The van der Waals surface area contributed by atoms with Gasteiger partial charge < -0.3 is 19.5 Å². The molecular weight excluding hydrogens is 342 g/mol. The average molecular weight is 369 g/mol. The molecule has 0 radical (unpaired) electrons. The number of carbonyl (C=O) groups excluding carboxylic acids is 1. The number of benzene rings is 2. The average Bonchev–Trinajstić information content (AvgIpc) is 3.21. The number of ether oxygens (including phenoxy) is 3. The lowest BCUT2D eigenvalue weighted by atomic mass is 10.1. The van der Waals surface area contributed by atoms with Gasteiger partial charge in [-0.05, 0) is 61.4 Å². The molecule has 0 atom stereocenters. The second-order valence-electron chi connectivity index (χ2n) is 6.71. The molecule has 1 aliphatic rings. The second kappa shape index (κ2) is 9.86. The first-order chi connectivity index (χ1) is 13.2. The molecule has 144 valence electrons. The highest BCUT2D eigenvalue weighted by Crippen LogP contribution is 2.19. The summed E-state index contributed by atoms with van der Waals surface area (Å²) in [6.45, 7) is 1.14. The van der Waals surface area contributed by atoms with Crippen molar-refractivity contribution in [2.75, 3.05) is 20.3 Å². The molecule has 5 nitrogen and oxygen atoms in total. The van der Waals surface area contributed by atoms with Crippen molar-refractivity contribution in [1.29, 1.82) is 0 Å². The van der Waals surface area contributed by atoms with Crippen LogP contribution in [-0.2, 0) is 0 Å². The Morgan fingerprint density at radius 2 is 1.41 bits per heavy atom. The molecule has 0 aliphatic heterocycles. The van der Waals surface area contributed by atoms with Crippen LogP contribution in [-0.4, -0.2) is 32.3 Å². The van der Waals surface area contributed by atoms with Crippen molar-refractivity contribution >= 4 is 5.91 Å². The minimum Gasteiger partial charge on any atom is -0.497 e. The molecule has 1 fully saturated rings. The number of hydrogen-bond acceptors (Lipinski definition) is 4. The molecule has 0 bridgehead atoms. The van der Waals surface area contributed by atoms with E-state index in [1.54, 1.807) is 7.11 Å². The van der Waals surface area contributed by atoms with E-state index in [-0.39, 0.29) is 5.91 Å². The summed E-state index contributed by atoms with van der Waals surface area (Å²) in [5.41, 5.74) is 0.678. The standard InChI is InChI=1S/C22H27NO4/c1-25-19-11-13-21(14-12-19)27-16-4-15-26-20-9-7-17(8-10-20)22(24)23-18-5-2-3-6-18/h7-14,18H,2-6,15-16H2,1H3,(H,23,24). The summed E-state index contributed by atoms with van der Waals surface area (Å²) in [5, 5.41) is 3.09. The highest BCUT2D eigenvalue weighted by molar-refractivity contribution is 5.94. The van der Waals surface area contributed by atoms with E-state index in [9.17, 15) is 4.79 Å². The van der Waals surface area contributed by atoms with Gasteiger partial charge in [-0.15, -0.1) is 0 Å². The summed E-state index contributed by atoms with van der Waals surface area (Å²) >= 11 is 0. The third-order valence-electron chi connectivity index (χ3n) is 4.69. The first-order valence-electron chi connectivity index (χ1n) is 9.55. The molecular formula is C22H27NO4. The molecule has 0 heterocycles. The van der Waals surface area contributed by atoms with Crippen molar-refractivity contribution < 1.29 is 19.0 Å². The molecule has 0 spiro atoms. The lowest BCUT2D eigenvalue weighted by Crippen LogP contribution is -2.32. The molecule has 3 rings (SSSR count). The summed E-state index contributed by atoms with van der Waals surface area (Å²) in [6.07, 6.45) is 5.37. The predicted molar refractivity (Wildman–Crippen MR) is 105 cm³/mol. The zero-order chi connectivity index (χ0) is 18.9. The molecule has 2 aromatic carbocycles. The molecule has 1 aliphatic carbocycles. The normalized spacial score (nSPS) is 14.0. The molecule has 27 heavy (non-hydrogen) atoms. The third kappa shape index (κ3) is 5.91. The van der Waals surface area contributed by atoms with Gasteiger partial charge in [-0.2, -0.15) is 0 Å². The van der Waals surface area contributed by atoms with Gasteiger partial charge in [0.15, 0.2) is 0 Å². The Labute approximate surface area is 160 Å². The second-order valence-corrected chi connectivity index (χ2v) is 6.71. The Bertz CT molecular complexity index is 706. The maximum absolute atomic E-state index is 12.2. The number of methoxy groups -OCH3 is 1. The number of carbonyl (C=O) groups is 1. The van der Waals surface area contributed by atoms with E-state index in [0.29, 0.717) is 24.8 Å². The van der Waals surface area contributed by atoms with E-state index < -0.39 is 0 Å². The Morgan fingerprint density at radius 1 is 0.889 bits per heavy atom. The van der Waals surface area contributed by atoms with Crippen LogP contribution in [0.3, 0.4) is 0 Å². The first-order valence-corrected chi connectivity index (χ1v) is 9.55. The maximum atomic E-state index is 12.2. The Morgan fingerprint density at radius 3 is 1.96 bits per heavy atom. The summed E-state index contributed by atoms with van der Waals surface area (Å²) in [5.74, 6) is 2.39. The lowest BCUT2D eigenvalue weighted by molar-refractivity contribution is 0.0938. The van der Waals surface area contributed by atoms with E-state index >= 15 is 0 Å². The summed E-state index contributed by atoms with van der Waals surface area (Å²) < 4.78 is 16.5.